The number of aliphatic hydroxyl groups is 1. The van der Waals surface area contributed by atoms with E-state index in [4.69, 9.17) is 0 Å². The molecular weight excluding hydrogens is 234 g/mol. The van der Waals surface area contributed by atoms with Crippen molar-refractivity contribution >= 4 is 10.8 Å². The number of nitrogens with zero attached hydrogens (tertiary/aromatic N) is 1. The molecule has 3 aromatic rings. The largest absolute Gasteiger partial charge is 0.388 e. The number of aromatic nitrogens is 1. The first kappa shape index (κ1) is 11.9. The van der Waals surface area contributed by atoms with Gasteiger partial charge in [-0.15, -0.1) is 0 Å². The van der Waals surface area contributed by atoms with Crippen LogP contribution in [-0.4, -0.2) is 10.1 Å². The average Bonchev–Trinajstić information content (AvgIpc) is 2.47. The number of benzene rings is 2. The first-order valence-corrected chi connectivity index (χ1v) is 6.39. The van der Waals surface area contributed by atoms with Crippen LogP contribution >= 0.6 is 0 Å². The Bertz CT molecular complexity index is 674. The molecular formula is C17H15NO. The van der Waals surface area contributed by atoms with Gasteiger partial charge in [0.2, 0.25) is 0 Å². The normalized spacial score (nSPS) is 12.5. The van der Waals surface area contributed by atoms with Gasteiger partial charge in [-0.1, -0.05) is 42.5 Å². The summed E-state index contributed by atoms with van der Waals surface area (Å²) in [6.45, 7) is 0. The number of rotatable bonds is 3. The van der Waals surface area contributed by atoms with Gasteiger partial charge in [0.05, 0.1) is 6.10 Å². The highest BCUT2D eigenvalue weighted by molar-refractivity contribution is 5.85. The van der Waals surface area contributed by atoms with Gasteiger partial charge in [-0.3, -0.25) is 4.98 Å². The molecule has 19 heavy (non-hydrogen) atoms. The summed E-state index contributed by atoms with van der Waals surface area (Å²) in [7, 11) is 0. The SMILES string of the molecule is OC(Cc1ccncc1)c1cccc2ccccc12. The van der Waals surface area contributed by atoms with E-state index in [1.165, 1.54) is 0 Å². The van der Waals surface area contributed by atoms with E-state index in [2.05, 4.69) is 23.2 Å². The predicted molar refractivity (Wildman–Crippen MR) is 76.8 cm³/mol. The first-order valence-electron chi connectivity index (χ1n) is 6.39. The number of fused-ring (bicyclic) bond motifs is 1. The van der Waals surface area contributed by atoms with Crippen molar-refractivity contribution in [1.29, 1.82) is 0 Å². The monoisotopic (exact) mass is 249 g/mol. The Morgan fingerprint density at radius 3 is 2.47 bits per heavy atom. The molecule has 1 aromatic heterocycles. The molecule has 94 valence electrons. The van der Waals surface area contributed by atoms with Crippen molar-refractivity contribution in [2.75, 3.05) is 0 Å². The van der Waals surface area contributed by atoms with Crippen molar-refractivity contribution in [3.8, 4) is 0 Å². The van der Waals surface area contributed by atoms with E-state index in [9.17, 15) is 5.11 Å². The highest BCUT2D eigenvalue weighted by atomic mass is 16.3. The van der Waals surface area contributed by atoms with Crippen LogP contribution < -0.4 is 0 Å². The molecule has 2 aromatic carbocycles. The van der Waals surface area contributed by atoms with E-state index in [-0.39, 0.29) is 0 Å². The molecule has 1 heterocycles. The van der Waals surface area contributed by atoms with Crippen LogP contribution in [0.4, 0.5) is 0 Å². The van der Waals surface area contributed by atoms with E-state index in [1.807, 2.05) is 36.4 Å². The maximum atomic E-state index is 10.5. The van der Waals surface area contributed by atoms with Crippen LogP contribution in [0.15, 0.2) is 67.0 Å². The molecule has 1 unspecified atom stereocenters. The van der Waals surface area contributed by atoms with Crippen LogP contribution in [0.1, 0.15) is 17.2 Å². The smallest absolute Gasteiger partial charge is 0.0836 e. The minimum absolute atomic E-state index is 0.492. The molecule has 0 bridgehead atoms. The Labute approximate surface area is 112 Å². The van der Waals surface area contributed by atoms with E-state index >= 15 is 0 Å². The lowest BCUT2D eigenvalue weighted by Crippen LogP contribution is -2.02. The second kappa shape index (κ2) is 5.21. The number of hydrogen-bond acceptors (Lipinski definition) is 2. The highest BCUT2D eigenvalue weighted by Gasteiger charge is 2.11. The summed E-state index contributed by atoms with van der Waals surface area (Å²) in [4.78, 5) is 3.99. The molecule has 0 aliphatic carbocycles. The molecule has 0 saturated carbocycles. The van der Waals surface area contributed by atoms with E-state index in [0.717, 1.165) is 21.9 Å². The van der Waals surface area contributed by atoms with Crippen LogP contribution in [0.5, 0.6) is 0 Å². The van der Waals surface area contributed by atoms with Crippen LogP contribution in [0.2, 0.25) is 0 Å². The van der Waals surface area contributed by atoms with Crippen LogP contribution in [0.25, 0.3) is 10.8 Å². The summed E-state index contributed by atoms with van der Waals surface area (Å²) >= 11 is 0. The van der Waals surface area contributed by atoms with Gasteiger partial charge in [-0.2, -0.15) is 0 Å². The fourth-order valence-electron chi connectivity index (χ4n) is 2.39. The Kier molecular flexibility index (Phi) is 3.25. The minimum Gasteiger partial charge on any atom is -0.388 e. The average molecular weight is 249 g/mol. The fraction of sp³-hybridized carbons (Fsp3) is 0.118. The van der Waals surface area contributed by atoms with Gasteiger partial charge >= 0.3 is 0 Å². The maximum absolute atomic E-state index is 10.5. The maximum Gasteiger partial charge on any atom is 0.0836 e. The number of hydrogen-bond donors (Lipinski definition) is 1. The molecule has 2 heteroatoms. The van der Waals surface area contributed by atoms with Crippen molar-refractivity contribution < 1.29 is 5.11 Å². The third-order valence-corrected chi connectivity index (χ3v) is 3.36. The molecule has 3 rings (SSSR count). The lowest BCUT2D eigenvalue weighted by atomic mass is 9.96. The number of aliphatic hydroxyl groups excluding tert-OH is 1. The predicted octanol–water partition coefficient (Wildman–Crippen LogP) is 3.51. The molecule has 0 aliphatic rings. The van der Waals surface area contributed by atoms with Crippen molar-refractivity contribution in [1.82, 2.24) is 4.98 Å². The van der Waals surface area contributed by atoms with Gasteiger partial charge in [0.15, 0.2) is 0 Å². The van der Waals surface area contributed by atoms with Gasteiger partial charge < -0.3 is 5.11 Å². The third-order valence-electron chi connectivity index (χ3n) is 3.36. The van der Waals surface area contributed by atoms with Crippen LogP contribution in [0.3, 0.4) is 0 Å². The summed E-state index contributed by atoms with van der Waals surface area (Å²) in [5.74, 6) is 0. The molecule has 1 atom stereocenters. The van der Waals surface area contributed by atoms with Crippen molar-refractivity contribution in [2.24, 2.45) is 0 Å². The fourth-order valence-corrected chi connectivity index (χ4v) is 2.39. The summed E-state index contributed by atoms with van der Waals surface area (Å²) in [5.41, 5.74) is 2.07. The quantitative estimate of drug-likeness (QED) is 0.770. The lowest BCUT2D eigenvalue weighted by Gasteiger charge is -2.13. The number of pyridine rings is 1. The van der Waals surface area contributed by atoms with Gasteiger partial charge in [0.25, 0.3) is 0 Å². The zero-order valence-corrected chi connectivity index (χ0v) is 10.5. The summed E-state index contributed by atoms with van der Waals surface area (Å²) in [6, 6.07) is 18.1. The summed E-state index contributed by atoms with van der Waals surface area (Å²) in [6.07, 6.45) is 3.63. The van der Waals surface area contributed by atoms with Crippen molar-refractivity contribution in [2.45, 2.75) is 12.5 Å². The molecule has 0 saturated heterocycles. The Morgan fingerprint density at radius 2 is 1.63 bits per heavy atom. The molecule has 1 N–H and O–H groups in total. The van der Waals surface area contributed by atoms with Gasteiger partial charge in [-0.25, -0.2) is 0 Å². The van der Waals surface area contributed by atoms with Crippen molar-refractivity contribution in [3.05, 3.63) is 78.1 Å². The second-order valence-electron chi connectivity index (χ2n) is 4.64. The molecule has 2 nitrogen and oxygen atoms in total. The highest BCUT2D eigenvalue weighted by Crippen LogP contribution is 2.26. The van der Waals surface area contributed by atoms with Crippen LogP contribution in [0, 0.1) is 0 Å². The molecule has 0 aliphatic heterocycles. The molecule has 0 fully saturated rings. The van der Waals surface area contributed by atoms with E-state index in [0.29, 0.717) is 6.42 Å². The Hall–Kier alpha value is -2.19. The summed E-state index contributed by atoms with van der Waals surface area (Å²) in [5, 5.41) is 12.7. The zero-order valence-electron chi connectivity index (χ0n) is 10.5. The van der Waals surface area contributed by atoms with Gasteiger partial charge in [0.1, 0.15) is 0 Å². The Balaban J connectivity index is 1.96. The lowest BCUT2D eigenvalue weighted by molar-refractivity contribution is 0.180. The van der Waals surface area contributed by atoms with E-state index < -0.39 is 6.10 Å². The van der Waals surface area contributed by atoms with E-state index in [1.54, 1.807) is 12.4 Å². The Morgan fingerprint density at radius 1 is 0.895 bits per heavy atom. The minimum atomic E-state index is -0.492. The first-order chi connectivity index (χ1) is 9.34. The topological polar surface area (TPSA) is 33.1 Å². The zero-order chi connectivity index (χ0) is 13.1. The molecule has 0 radical (unpaired) electrons. The standard InChI is InChI=1S/C17H15NO/c19-17(12-13-8-10-18-11-9-13)16-7-3-5-14-4-1-2-6-15(14)16/h1-11,17,19H,12H2. The molecule has 0 spiro atoms. The second-order valence-corrected chi connectivity index (χ2v) is 4.64. The third kappa shape index (κ3) is 2.49. The van der Waals surface area contributed by atoms with Gasteiger partial charge in [0, 0.05) is 18.8 Å². The molecule has 0 amide bonds. The summed E-state index contributed by atoms with van der Waals surface area (Å²) < 4.78 is 0. The van der Waals surface area contributed by atoms with Crippen LogP contribution in [-0.2, 0) is 6.42 Å². The van der Waals surface area contributed by atoms with Crippen molar-refractivity contribution in [3.63, 3.8) is 0 Å². The van der Waals surface area contributed by atoms with Gasteiger partial charge in [-0.05, 0) is 34.0 Å².